The number of hydrogen-bond donors (Lipinski definition) is 1. The van der Waals surface area contributed by atoms with Crippen LogP contribution in [-0.4, -0.2) is 19.6 Å². The number of nitrogens with zero attached hydrogens (tertiary/aromatic N) is 3. The number of aromatic amines is 1. The summed E-state index contributed by atoms with van der Waals surface area (Å²) in [6, 6.07) is 3.97. The molecular formula is C10H10N4S. The van der Waals surface area contributed by atoms with Crippen LogP contribution in [-0.2, 0) is 6.42 Å². The molecule has 1 N–H and O–H groups in total. The first-order chi connectivity index (χ1) is 7.36. The summed E-state index contributed by atoms with van der Waals surface area (Å²) in [5, 5.41) is 5.54. The Hall–Kier alpha value is -1.62. The fourth-order valence-corrected chi connectivity index (χ4v) is 2.32. The predicted molar refractivity (Wildman–Crippen MR) is 60.0 cm³/mol. The molecule has 0 aliphatic heterocycles. The van der Waals surface area contributed by atoms with E-state index < -0.39 is 0 Å². The third-order valence-corrected chi connectivity index (χ3v) is 3.33. The van der Waals surface area contributed by atoms with Gasteiger partial charge in [-0.25, -0.2) is 9.50 Å². The maximum atomic E-state index is 4.51. The Morgan fingerprint density at radius 1 is 1.53 bits per heavy atom. The molecule has 0 unspecified atom stereocenters. The monoisotopic (exact) mass is 218 g/mol. The molecule has 5 heteroatoms. The molecule has 0 saturated heterocycles. The molecule has 0 aliphatic rings. The van der Waals surface area contributed by atoms with E-state index in [-0.39, 0.29) is 0 Å². The number of fused-ring (bicyclic) bond motifs is 1. The quantitative estimate of drug-likeness (QED) is 0.717. The van der Waals surface area contributed by atoms with E-state index in [0.29, 0.717) is 0 Å². The molecule has 0 fully saturated rings. The average molecular weight is 218 g/mol. The normalized spacial score (nSPS) is 11.3. The summed E-state index contributed by atoms with van der Waals surface area (Å²) in [5.74, 6) is 0. The zero-order valence-electron chi connectivity index (χ0n) is 8.27. The Morgan fingerprint density at radius 2 is 2.47 bits per heavy atom. The summed E-state index contributed by atoms with van der Waals surface area (Å²) in [6.07, 6.45) is 4.82. The molecule has 0 bridgehead atoms. The summed E-state index contributed by atoms with van der Waals surface area (Å²) in [7, 11) is 0. The first kappa shape index (κ1) is 8.67. The molecule has 0 aromatic carbocycles. The number of hydrogen-bond acceptors (Lipinski definition) is 3. The molecule has 76 valence electrons. The van der Waals surface area contributed by atoms with Crippen LogP contribution >= 0.6 is 11.3 Å². The van der Waals surface area contributed by atoms with Crippen LogP contribution < -0.4 is 0 Å². The number of aryl methyl sites for hydroxylation is 1. The fraction of sp³-hybridized carbons (Fsp3) is 0.200. The van der Waals surface area contributed by atoms with Crippen molar-refractivity contribution >= 4 is 16.3 Å². The lowest BCUT2D eigenvalue weighted by atomic mass is 10.3. The summed E-state index contributed by atoms with van der Waals surface area (Å²) in [5.41, 5.74) is 1.98. The Labute approximate surface area is 90.6 Å². The van der Waals surface area contributed by atoms with Crippen LogP contribution in [0.15, 0.2) is 24.5 Å². The summed E-state index contributed by atoms with van der Waals surface area (Å²) in [6.45, 7) is 2.10. The van der Waals surface area contributed by atoms with Crippen molar-refractivity contribution in [3.05, 3.63) is 29.5 Å². The molecule has 0 aliphatic carbocycles. The molecule has 0 amide bonds. The first-order valence-corrected chi connectivity index (χ1v) is 5.67. The van der Waals surface area contributed by atoms with Gasteiger partial charge in [0.1, 0.15) is 10.7 Å². The molecule has 0 atom stereocenters. The highest BCUT2D eigenvalue weighted by molar-refractivity contribution is 7.16. The molecule has 4 nitrogen and oxygen atoms in total. The van der Waals surface area contributed by atoms with Gasteiger partial charge in [-0.05, 0) is 18.6 Å². The third kappa shape index (κ3) is 1.35. The number of imidazole rings is 1. The SMILES string of the molecule is CCc1nn2cc(-c3ccc[nH]3)nc2s1. The fourth-order valence-electron chi connectivity index (χ4n) is 1.50. The second-order valence-corrected chi connectivity index (χ2v) is 4.33. The van der Waals surface area contributed by atoms with Gasteiger partial charge in [-0.3, -0.25) is 0 Å². The standard InChI is InChI=1S/C10H10N4S/c1-2-9-13-14-6-8(12-10(14)15-9)7-4-3-5-11-7/h3-6,11H,2H2,1H3. The number of rotatable bonds is 2. The molecule has 0 radical (unpaired) electrons. The van der Waals surface area contributed by atoms with Crippen molar-refractivity contribution in [1.82, 2.24) is 19.6 Å². The molecule has 3 aromatic rings. The van der Waals surface area contributed by atoms with Crippen molar-refractivity contribution in [2.75, 3.05) is 0 Å². The molecule has 15 heavy (non-hydrogen) atoms. The van der Waals surface area contributed by atoms with Crippen LogP contribution in [0.2, 0.25) is 0 Å². The average Bonchev–Trinajstić information content (AvgIpc) is 2.91. The zero-order valence-corrected chi connectivity index (χ0v) is 9.08. The van der Waals surface area contributed by atoms with Gasteiger partial charge >= 0.3 is 0 Å². The molecule has 3 aromatic heterocycles. The van der Waals surface area contributed by atoms with Gasteiger partial charge in [0.15, 0.2) is 0 Å². The van der Waals surface area contributed by atoms with E-state index in [1.807, 2.05) is 29.0 Å². The van der Waals surface area contributed by atoms with Crippen LogP contribution in [0, 0.1) is 0 Å². The van der Waals surface area contributed by atoms with Crippen LogP contribution in [0.3, 0.4) is 0 Å². The van der Waals surface area contributed by atoms with E-state index in [9.17, 15) is 0 Å². The van der Waals surface area contributed by atoms with Crippen molar-refractivity contribution in [3.8, 4) is 11.4 Å². The molecule has 3 rings (SSSR count). The van der Waals surface area contributed by atoms with Crippen LogP contribution in [0.4, 0.5) is 0 Å². The second-order valence-electron chi connectivity index (χ2n) is 3.29. The van der Waals surface area contributed by atoms with Gasteiger partial charge in [0.05, 0.1) is 11.9 Å². The number of aromatic nitrogens is 4. The Morgan fingerprint density at radius 3 is 3.13 bits per heavy atom. The van der Waals surface area contributed by atoms with E-state index in [2.05, 4.69) is 22.0 Å². The van der Waals surface area contributed by atoms with Crippen molar-refractivity contribution in [2.24, 2.45) is 0 Å². The van der Waals surface area contributed by atoms with Crippen molar-refractivity contribution in [1.29, 1.82) is 0 Å². The van der Waals surface area contributed by atoms with Gasteiger partial charge in [0.25, 0.3) is 0 Å². The van der Waals surface area contributed by atoms with Crippen molar-refractivity contribution < 1.29 is 0 Å². The third-order valence-electron chi connectivity index (χ3n) is 2.26. The summed E-state index contributed by atoms with van der Waals surface area (Å²) >= 11 is 1.64. The van der Waals surface area contributed by atoms with E-state index in [1.54, 1.807) is 11.3 Å². The molecular weight excluding hydrogens is 208 g/mol. The highest BCUT2D eigenvalue weighted by Gasteiger charge is 2.08. The maximum absolute atomic E-state index is 4.51. The Kier molecular flexibility index (Phi) is 1.85. The molecule has 0 spiro atoms. The summed E-state index contributed by atoms with van der Waals surface area (Å²) in [4.78, 5) is 8.60. The van der Waals surface area contributed by atoms with E-state index in [0.717, 1.165) is 27.8 Å². The molecule has 3 heterocycles. The topological polar surface area (TPSA) is 46.0 Å². The minimum atomic E-state index is 0.946. The lowest BCUT2D eigenvalue weighted by Gasteiger charge is -1.87. The lowest BCUT2D eigenvalue weighted by molar-refractivity contribution is 0.910. The minimum absolute atomic E-state index is 0.946. The van der Waals surface area contributed by atoms with Gasteiger partial charge < -0.3 is 4.98 Å². The lowest BCUT2D eigenvalue weighted by Crippen LogP contribution is -1.83. The first-order valence-electron chi connectivity index (χ1n) is 4.85. The largest absolute Gasteiger partial charge is 0.360 e. The zero-order chi connectivity index (χ0) is 10.3. The smallest absolute Gasteiger partial charge is 0.212 e. The summed E-state index contributed by atoms with van der Waals surface area (Å²) < 4.78 is 1.85. The second kappa shape index (κ2) is 3.20. The van der Waals surface area contributed by atoms with E-state index in [4.69, 9.17) is 0 Å². The molecule has 0 saturated carbocycles. The predicted octanol–water partition coefficient (Wildman–Crippen LogP) is 2.35. The highest BCUT2D eigenvalue weighted by Crippen LogP contribution is 2.20. The van der Waals surface area contributed by atoms with Gasteiger partial charge in [-0.1, -0.05) is 18.3 Å². The van der Waals surface area contributed by atoms with Crippen LogP contribution in [0.5, 0.6) is 0 Å². The Balaban J connectivity index is 2.12. The number of nitrogens with one attached hydrogen (secondary N) is 1. The van der Waals surface area contributed by atoms with Crippen LogP contribution in [0.1, 0.15) is 11.9 Å². The van der Waals surface area contributed by atoms with Gasteiger partial charge in [0.2, 0.25) is 4.96 Å². The Bertz CT molecular complexity index is 544. The van der Waals surface area contributed by atoms with Crippen LogP contribution in [0.25, 0.3) is 16.3 Å². The minimum Gasteiger partial charge on any atom is -0.360 e. The number of H-pyrrole nitrogens is 1. The van der Waals surface area contributed by atoms with Gasteiger partial charge in [-0.2, -0.15) is 5.10 Å². The van der Waals surface area contributed by atoms with Crippen molar-refractivity contribution in [3.63, 3.8) is 0 Å². The maximum Gasteiger partial charge on any atom is 0.212 e. The van der Waals surface area contributed by atoms with E-state index >= 15 is 0 Å². The highest BCUT2D eigenvalue weighted by atomic mass is 32.1. The van der Waals surface area contributed by atoms with Gasteiger partial charge in [0, 0.05) is 6.20 Å². The van der Waals surface area contributed by atoms with Gasteiger partial charge in [-0.15, -0.1) is 0 Å². The van der Waals surface area contributed by atoms with Crippen molar-refractivity contribution in [2.45, 2.75) is 13.3 Å². The van der Waals surface area contributed by atoms with E-state index in [1.165, 1.54) is 0 Å².